The van der Waals surface area contributed by atoms with Crippen LogP contribution in [-0.4, -0.2) is 4.98 Å². The highest BCUT2D eigenvalue weighted by Gasteiger charge is 2.02. The van der Waals surface area contributed by atoms with Crippen LogP contribution in [0.15, 0.2) is 65.5 Å². The third-order valence-corrected chi connectivity index (χ3v) is 3.41. The first-order chi connectivity index (χ1) is 9.83. The predicted octanol–water partition coefficient (Wildman–Crippen LogP) is 4.61. The molecule has 0 saturated heterocycles. The molecule has 0 aliphatic carbocycles. The minimum atomic E-state index is 0.696. The lowest BCUT2D eigenvalue weighted by Crippen LogP contribution is -1.99. The Morgan fingerprint density at radius 1 is 1.05 bits per heavy atom. The van der Waals surface area contributed by atoms with Crippen LogP contribution in [0.1, 0.15) is 5.56 Å². The van der Waals surface area contributed by atoms with Gasteiger partial charge in [-0.3, -0.25) is 0 Å². The molecule has 3 rings (SSSR count). The topological polar surface area (TPSA) is 38.1 Å². The van der Waals surface area contributed by atoms with Gasteiger partial charge in [-0.1, -0.05) is 29.8 Å². The lowest BCUT2D eigenvalue weighted by molar-refractivity contribution is 0.572. The summed E-state index contributed by atoms with van der Waals surface area (Å²) in [4.78, 5) is 3.91. The van der Waals surface area contributed by atoms with Crippen molar-refractivity contribution >= 4 is 17.3 Å². The number of aromatic nitrogens is 1. The summed E-state index contributed by atoms with van der Waals surface area (Å²) >= 11 is 6.12. The molecule has 0 saturated carbocycles. The molecule has 3 aromatic rings. The molecule has 0 aliphatic rings. The second-order valence-electron chi connectivity index (χ2n) is 4.39. The Hall–Kier alpha value is -2.26. The Morgan fingerprint density at radius 2 is 1.85 bits per heavy atom. The van der Waals surface area contributed by atoms with E-state index >= 15 is 0 Å². The first kappa shape index (κ1) is 12.8. The molecule has 2 aromatic carbocycles. The fraction of sp³-hybridized carbons (Fsp3) is 0.0625. The molecular formula is C16H13ClN2O. The summed E-state index contributed by atoms with van der Waals surface area (Å²) in [7, 11) is 0. The van der Waals surface area contributed by atoms with E-state index in [1.165, 1.54) is 6.39 Å². The number of benzene rings is 2. The van der Waals surface area contributed by atoms with Crippen LogP contribution in [0.4, 0.5) is 5.69 Å². The van der Waals surface area contributed by atoms with Crippen molar-refractivity contribution in [3.05, 3.63) is 71.7 Å². The molecule has 1 aromatic heterocycles. The number of rotatable bonds is 4. The Labute approximate surface area is 122 Å². The number of hydrogen-bond acceptors (Lipinski definition) is 3. The largest absolute Gasteiger partial charge is 0.444 e. The smallest absolute Gasteiger partial charge is 0.181 e. The predicted molar refractivity (Wildman–Crippen MR) is 80.7 cm³/mol. The molecule has 0 atom stereocenters. The molecule has 0 spiro atoms. The molecule has 20 heavy (non-hydrogen) atoms. The quantitative estimate of drug-likeness (QED) is 0.760. The van der Waals surface area contributed by atoms with Crippen LogP contribution in [0, 0.1) is 0 Å². The van der Waals surface area contributed by atoms with Crippen molar-refractivity contribution < 1.29 is 4.42 Å². The van der Waals surface area contributed by atoms with E-state index in [0.717, 1.165) is 27.6 Å². The van der Waals surface area contributed by atoms with Gasteiger partial charge in [-0.05, 0) is 35.9 Å². The monoisotopic (exact) mass is 284 g/mol. The van der Waals surface area contributed by atoms with Crippen molar-refractivity contribution in [1.29, 1.82) is 0 Å². The van der Waals surface area contributed by atoms with Crippen molar-refractivity contribution in [2.45, 2.75) is 6.54 Å². The number of oxazole rings is 1. The maximum absolute atomic E-state index is 6.12. The molecule has 0 amide bonds. The van der Waals surface area contributed by atoms with Crippen molar-refractivity contribution in [3.8, 4) is 11.3 Å². The maximum atomic E-state index is 6.12. The van der Waals surface area contributed by atoms with Gasteiger partial charge < -0.3 is 9.73 Å². The van der Waals surface area contributed by atoms with Crippen molar-refractivity contribution in [1.82, 2.24) is 4.98 Å². The van der Waals surface area contributed by atoms with Gasteiger partial charge in [0.15, 0.2) is 12.2 Å². The maximum Gasteiger partial charge on any atom is 0.181 e. The number of hydrogen-bond donors (Lipinski definition) is 1. The van der Waals surface area contributed by atoms with Gasteiger partial charge in [0, 0.05) is 22.8 Å². The van der Waals surface area contributed by atoms with Crippen LogP contribution in [0.3, 0.4) is 0 Å². The molecule has 0 unspecified atom stereocenters. The number of nitrogens with zero attached hydrogens (tertiary/aromatic N) is 1. The van der Waals surface area contributed by atoms with Gasteiger partial charge in [0.2, 0.25) is 0 Å². The van der Waals surface area contributed by atoms with Gasteiger partial charge in [0.1, 0.15) is 0 Å². The Bertz CT molecular complexity index is 678. The standard InChI is InChI=1S/C16H13ClN2O/c17-15-4-2-1-3-13(15)9-19-14-7-5-12(6-8-14)16-10-18-11-20-16/h1-8,10-11,19H,9H2. The van der Waals surface area contributed by atoms with E-state index in [9.17, 15) is 0 Å². The van der Waals surface area contributed by atoms with Crippen molar-refractivity contribution in [2.75, 3.05) is 5.32 Å². The zero-order valence-corrected chi connectivity index (χ0v) is 11.5. The summed E-state index contributed by atoms with van der Waals surface area (Å²) < 4.78 is 5.26. The zero-order chi connectivity index (χ0) is 13.8. The fourth-order valence-electron chi connectivity index (χ4n) is 1.95. The number of halogens is 1. The summed E-state index contributed by atoms with van der Waals surface area (Å²) in [5.41, 5.74) is 3.12. The molecule has 1 N–H and O–H groups in total. The Morgan fingerprint density at radius 3 is 2.55 bits per heavy atom. The lowest BCUT2D eigenvalue weighted by atomic mass is 10.1. The first-order valence-electron chi connectivity index (χ1n) is 6.29. The summed E-state index contributed by atoms with van der Waals surface area (Å²) in [5.74, 6) is 0.766. The lowest BCUT2D eigenvalue weighted by Gasteiger charge is -2.08. The fourth-order valence-corrected chi connectivity index (χ4v) is 2.15. The SMILES string of the molecule is Clc1ccccc1CNc1ccc(-c2cnco2)cc1. The third kappa shape index (κ3) is 2.83. The molecule has 0 aliphatic heterocycles. The van der Waals surface area contributed by atoms with Crippen LogP contribution in [-0.2, 0) is 6.54 Å². The molecule has 0 fully saturated rings. The second-order valence-corrected chi connectivity index (χ2v) is 4.80. The van der Waals surface area contributed by atoms with E-state index in [2.05, 4.69) is 10.3 Å². The Balaban J connectivity index is 1.68. The molecule has 0 bridgehead atoms. The molecule has 1 heterocycles. The summed E-state index contributed by atoms with van der Waals surface area (Å²) in [6.45, 7) is 0.696. The van der Waals surface area contributed by atoms with E-state index in [-0.39, 0.29) is 0 Å². The van der Waals surface area contributed by atoms with Crippen LogP contribution in [0.2, 0.25) is 5.02 Å². The molecule has 0 radical (unpaired) electrons. The minimum absolute atomic E-state index is 0.696. The highest BCUT2D eigenvalue weighted by molar-refractivity contribution is 6.31. The van der Waals surface area contributed by atoms with Gasteiger partial charge in [0.05, 0.1) is 6.20 Å². The van der Waals surface area contributed by atoms with Gasteiger partial charge in [-0.15, -0.1) is 0 Å². The highest BCUT2D eigenvalue weighted by atomic mass is 35.5. The first-order valence-corrected chi connectivity index (χ1v) is 6.67. The molecule has 3 nitrogen and oxygen atoms in total. The van der Waals surface area contributed by atoms with Gasteiger partial charge >= 0.3 is 0 Å². The number of anilines is 1. The second kappa shape index (κ2) is 5.80. The third-order valence-electron chi connectivity index (χ3n) is 3.04. The average Bonchev–Trinajstić information content (AvgIpc) is 3.01. The van der Waals surface area contributed by atoms with Crippen molar-refractivity contribution in [3.63, 3.8) is 0 Å². The van der Waals surface area contributed by atoms with Crippen LogP contribution < -0.4 is 5.32 Å². The van der Waals surface area contributed by atoms with E-state index in [1.54, 1.807) is 6.20 Å². The van der Waals surface area contributed by atoms with Gasteiger partial charge in [-0.2, -0.15) is 0 Å². The zero-order valence-electron chi connectivity index (χ0n) is 10.7. The van der Waals surface area contributed by atoms with E-state index < -0.39 is 0 Å². The van der Waals surface area contributed by atoms with Crippen molar-refractivity contribution in [2.24, 2.45) is 0 Å². The van der Waals surface area contributed by atoms with Gasteiger partial charge in [-0.25, -0.2) is 4.98 Å². The molecular weight excluding hydrogens is 272 g/mol. The number of nitrogens with one attached hydrogen (secondary N) is 1. The average molecular weight is 285 g/mol. The highest BCUT2D eigenvalue weighted by Crippen LogP contribution is 2.22. The normalized spacial score (nSPS) is 10.4. The molecule has 4 heteroatoms. The van der Waals surface area contributed by atoms with E-state index in [1.807, 2.05) is 48.5 Å². The molecule has 100 valence electrons. The summed E-state index contributed by atoms with van der Waals surface area (Å²) in [6.07, 6.45) is 3.13. The minimum Gasteiger partial charge on any atom is -0.444 e. The van der Waals surface area contributed by atoms with E-state index in [4.69, 9.17) is 16.0 Å². The van der Waals surface area contributed by atoms with Gasteiger partial charge in [0.25, 0.3) is 0 Å². The van der Waals surface area contributed by atoms with E-state index in [0.29, 0.717) is 6.54 Å². The van der Waals surface area contributed by atoms with Crippen LogP contribution in [0.5, 0.6) is 0 Å². The summed E-state index contributed by atoms with van der Waals surface area (Å²) in [6, 6.07) is 15.8. The van der Waals surface area contributed by atoms with Crippen LogP contribution >= 0.6 is 11.6 Å². The summed E-state index contributed by atoms with van der Waals surface area (Å²) in [5, 5.41) is 4.12. The Kier molecular flexibility index (Phi) is 3.70. The van der Waals surface area contributed by atoms with Crippen LogP contribution in [0.25, 0.3) is 11.3 Å².